The third-order valence-electron chi connectivity index (χ3n) is 4.36. The molecule has 4 heteroatoms. The molecule has 1 aliphatic rings. The van der Waals surface area contributed by atoms with E-state index in [1.165, 1.54) is 13.0 Å². The van der Waals surface area contributed by atoms with E-state index >= 15 is 0 Å². The molecule has 2 N–H and O–H groups in total. The zero-order valence-electron chi connectivity index (χ0n) is 12.1. The zero-order valence-corrected chi connectivity index (χ0v) is 12.9. The molecule has 1 aromatic carbocycles. The van der Waals surface area contributed by atoms with E-state index in [0.717, 1.165) is 34.7 Å². The quantitative estimate of drug-likeness (QED) is 0.909. The Hall–Kier alpha value is -1.03. The fourth-order valence-corrected chi connectivity index (χ4v) is 3.45. The molecule has 2 aromatic rings. The molecule has 2 heterocycles. The number of likely N-dealkylation sites (tertiary alicyclic amines) is 1. The second-order valence-corrected chi connectivity index (χ2v) is 6.36. The van der Waals surface area contributed by atoms with Crippen molar-refractivity contribution in [1.82, 2.24) is 15.2 Å². The van der Waals surface area contributed by atoms with Gasteiger partial charge in [0.05, 0.1) is 5.02 Å². The van der Waals surface area contributed by atoms with Gasteiger partial charge in [-0.25, -0.2) is 0 Å². The maximum Gasteiger partial charge on any atom is 0.0705 e. The molecule has 1 saturated heterocycles. The number of hydrogen-bond donors (Lipinski definition) is 2. The van der Waals surface area contributed by atoms with Crippen LogP contribution in [-0.2, 0) is 6.54 Å². The van der Waals surface area contributed by atoms with Crippen LogP contribution in [0.4, 0.5) is 0 Å². The Morgan fingerprint density at radius 3 is 2.95 bits per heavy atom. The first-order chi connectivity index (χ1) is 9.65. The molecule has 20 heavy (non-hydrogen) atoms. The van der Waals surface area contributed by atoms with E-state index in [4.69, 9.17) is 11.6 Å². The number of piperidine rings is 1. The van der Waals surface area contributed by atoms with Gasteiger partial charge in [0, 0.05) is 35.7 Å². The molecule has 0 saturated carbocycles. The summed E-state index contributed by atoms with van der Waals surface area (Å²) >= 11 is 6.45. The lowest BCUT2D eigenvalue weighted by molar-refractivity contribution is 0.174. The smallest absolute Gasteiger partial charge is 0.0705 e. The van der Waals surface area contributed by atoms with E-state index in [1.54, 1.807) is 0 Å². The number of hydrogen-bond acceptors (Lipinski definition) is 2. The molecule has 0 spiro atoms. The number of nitrogens with one attached hydrogen (secondary N) is 2. The second kappa shape index (κ2) is 5.76. The van der Waals surface area contributed by atoms with Crippen molar-refractivity contribution in [3.8, 4) is 0 Å². The highest BCUT2D eigenvalue weighted by atomic mass is 35.5. The highest BCUT2D eigenvalue weighted by Gasteiger charge is 2.24. The largest absolute Gasteiger partial charge is 0.356 e. The summed E-state index contributed by atoms with van der Waals surface area (Å²) in [7, 11) is 2.20. The van der Waals surface area contributed by atoms with E-state index in [1.807, 2.05) is 12.1 Å². The lowest BCUT2D eigenvalue weighted by atomic mass is 9.94. The first-order valence-electron chi connectivity index (χ1n) is 7.32. The highest BCUT2D eigenvalue weighted by Crippen LogP contribution is 2.27. The molecule has 2 unspecified atom stereocenters. The molecule has 108 valence electrons. The standard InChI is InChI=1S/C16H22ClN3/c1-11-10-20(2)8-7-13(11)18-9-15-16(17)12-5-3-4-6-14(12)19-15/h3-6,11,13,18-19H,7-10H2,1-2H3. The minimum Gasteiger partial charge on any atom is -0.356 e. The van der Waals surface area contributed by atoms with Crippen molar-refractivity contribution in [1.29, 1.82) is 0 Å². The molecule has 1 aliphatic heterocycles. The van der Waals surface area contributed by atoms with Crippen LogP contribution in [0.5, 0.6) is 0 Å². The Morgan fingerprint density at radius 1 is 1.40 bits per heavy atom. The van der Waals surface area contributed by atoms with Crippen LogP contribution in [0.15, 0.2) is 24.3 Å². The minimum atomic E-state index is 0.577. The lowest BCUT2D eigenvalue weighted by Gasteiger charge is -2.35. The van der Waals surface area contributed by atoms with Gasteiger partial charge in [-0.1, -0.05) is 36.7 Å². The molecule has 0 radical (unpaired) electrons. The lowest BCUT2D eigenvalue weighted by Crippen LogP contribution is -2.46. The van der Waals surface area contributed by atoms with Crippen LogP contribution in [-0.4, -0.2) is 36.1 Å². The van der Waals surface area contributed by atoms with Crippen molar-refractivity contribution >= 4 is 22.5 Å². The van der Waals surface area contributed by atoms with Crippen molar-refractivity contribution in [3.63, 3.8) is 0 Å². The summed E-state index contributed by atoms with van der Waals surface area (Å²) in [6, 6.07) is 8.77. The molecule has 0 amide bonds. The topological polar surface area (TPSA) is 31.1 Å². The van der Waals surface area contributed by atoms with Crippen LogP contribution < -0.4 is 5.32 Å². The predicted molar refractivity (Wildman–Crippen MR) is 85.2 cm³/mol. The van der Waals surface area contributed by atoms with E-state index < -0.39 is 0 Å². The molecular weight excluding hydrogens is 270 g/mol. The first-order valence-corrected chi connectivity index (χ1v) is 7.70. The van der Waals surface area contributed by atoms with Gasteiger partial charge in [-0.3, -0.25) is 0 Å². The molecule has 1 fully saturated rings. The third kappa shape index (κ3) is 2.71. The number of aromatic amines is 1. The minimum absolute atomic E-state index is 0.577. The van der Waals surface area contributed by atoms with Gasteiger partial charge < -0.3 is 15.2 Å². The van der Waals surface area contributed by atoms with Gasteiger partial charge >= 0.3 is 0 Å². The van der Waals surface area contributed by atoms with Gasteiger partial charge in [0.2, 0.25) is 0 Å². The van der Waals surface area contributed by atoms with Crippen LogP contribution in [0.3, 0.4) is 0 Å². The number of para-hydroxylation sites is 1. The number of benzene rings is 1. The zero-order chi connectivity index (χ0) is 14.1. The molecule has 0 bridgehead atoms. The van der Waals surface area contributed by atoms with Crippen LogP contribution in [0, 0.1) is 5.92 Å². The Morgan fingerprint density at radius 2 is 2.20 bits per heavy atom. The van der Waals surface area contributed by atoms with Crippen LogP contribution in [0.25, 0.3) is 10.9 Å². The number of nitrogens with zero attached hydrogens (tertiary/aromatic N) is 1. The molecule has 0 aliphatic carbocycles. The van der Waals surface area contributed by atoms with Crippen LogP contribution in [0.2, 0.25) is 5.02 Å². The third-order valence-corrected chi connectivity index (χ3v) is 4.80. The van der Waals surface area contributed by atoms with E-state index in [-0.39, 0.29) is 0 Å². The summed E-state index contributed by atoms with van der Waals surface area (Å²) in [6.07, 6.45) is 1.20. The number of fused-ring (bicyclic) bond motifs is 1. The Kier molecular flexibility index (Phi) is 4.01. The SMILES string of the molecule is CC1CN(C)CCC1NCc1[nH]c2ccccc2c1Cl. The first kappa shape index (κ1) is 13.9. The van der Waals surface area contributed by atoms with Gasteiger partial charge in [-0.05, 0) is 32.0 Å². The van der Waals surface area contributed by atoms with E-state index in [9.17, 15) is 0 Å². The summed E-state index contributed by atoms with van der Waals surface area (Å²) in [4.78, 5) is 5.82. The number of aromatic nitrogens is 1. The monoisotopic (exact) mass is 291 g/mol. The fourth-order valence-electron chi connectivity index (χ4n) is 3.18. The van der Waals surface area contributed by atoms with Gasteiger partial charge in [-0.15, -0.1) is 0 Å². The second-order valence-electron chi connectivity index (χ2n) is 5.98. The van der Waals surface area contributed by atoms with Crippen LogP contribution >= 0.6 is 11.6 Å². The Labute approximate surface area is 125 Å². The summed E-state index contributed by atoms with van der Waals surface area (Å²) in [5, 5.41) is 5.64. The molecular formula is C16H22ClN3. The van der Waals surface area contributed by atoms with Crippen molar-refractivity contribution in [2.24, 2.45) is 5.92 Å². The highest BCUT2D eigenvalue weighted by molar-refractivity contribution is 6.36. The summed E-state index contributed by atoms with van der Waals surface area (Å²) in [5.74, 6) is 0.678. The number of H-pyrrole nitrogens is 1. The number of rotatable bonds is 3. The summed E-state index contributed by atoms with van der Waals surface area (Å²) in [5.41, 5.74) is 2.21. The maximum atomic E-state index is 6.45. The molecule has 1 aromatic heterocycles. The molecule has 3 nitrogen and oxygen atoms in total. The van der Waals surface area contributed by atoms with Gasteiger partial charge in [-0.2, -0.15) is 0 Å². The normalized spacial score (nSPS) is 24.4. The van der Waals surface area contributed by atoms with Crippen molar-refractivity contribution < 1.29 is 0 Å². The van der Waals surface area contributed by atoms with Gasteiger partial charge in [0.1, 0.15) is 0 Å². The Balaban J connectivity index is 1.69. The van der Waals surface area contributed by atoms with E-state index in [2.05, 4.69) is 41.3 Å². The number of halogens is 1. The fraction of sp³-hybridized carbons (Fsp3) is 0.500. The molecule has 2 atom stereocenters. The predicted octanol–water partition coefficient (Wildman–Crippen LogP) is 3.25. The van der Waals surface area contributed by atoms with Crippen LogP contribution in [0.1, 0.15) is 19.0 Å². The summed E-state index contributed by atoms with van der Waals surface area (Å²) in [6.45, 7) is 5.47. The van der Waals surface area contributed by atoms with Gasteiger partial charge in [0.25, 0.3) is 0 Å². The average molecular weight is 292 g/mol. The summed E-state index contributed by atoms with van der Waals surface area (Å²) < 4.78 is 0. The Bertz CT molecular complexity index is 592. The van der Waals surface area contributed by atoms with Crippen molar-refractivity contribution in [2.45, 2.75) is 25.9 Å². The van der Waals surface area contributed by atoms with E-state index in [0.29, 0.717) is 12.0 Å². The maximum absolute atomic E-state index is 6.45. The van der Waals surface area contributed by atoms with Crippen molar-refractivity contribution in [3.05, 3.63) is 35.0 Å². The van der Waals surface area contributed by atoms with Gasteiger partial charge in [0.15, 0.2) is 0 Å². The average Bonchev–Trinajstić information content (AvgIpc) is 2.75. The molecule has 3 rings (SSSR count). The van der Waals surface area contributed by atoms with Crippen molar-refractivity contribution in [2.75, 3.05) is 20.1 Å².